The molecule has 0 N–H and O–H groups in total. The Hall–Kier alpha value is -2.34. The number of sulfonamides is 1. The molecule has 0 spiro atoms. The van der Waals surface area contributed by atoms with E-state index in [0.29, 0.717) is 11.4 Å². The second kappa shape index (κ2) is 6.21. The highest BCUT2D eigenvalue weighted by Gasteiger charge is 1.97. The summed E-state index contributed by atoms with van der Waals surface area (Å²) in [6.45, 7) is 0. The Morgan fingerprint density at radius 3 is 2.25 bits per heavy atom. The van der Waals surface area contributed by atoms with Crippen LogP contribution in [0.4, 0.5) is 5.69 Å². The van der Waals surface area contributed by atoms with Crippen LogP contribution in [-0.4, -0.2) is 32.1 Å². The first-order chi connectivity index (χ1) is 9.53. The van der Waals surface area contributed by atoms with E-state index in [9.17, 15) is 8.42 Å². The van der Waals surface area contributed by atoms with Crippen molar-refractivity contribution in [3.8, 4) is 0 Å². The zero-order valence-electron chi connectivity index (χ0n) is 10.8. The molecule has 0 fully saturated rings. The number of para-hydroxylation sites is 1. The van der Waals surface area contributed by atoms with Gasteiger partial charge in [-0.1, -0.05) is 24.3 Å². The molecule has 0 aliphatic carbocycles. The minimum absolute atomic E-state index is 0.465. The zero-order chi connectivity index (χ0) is 14.4. The third-order valence-electron chi connectivity index (χ3n) is 2.27. The SMILES string of the molecule is CS(=O)(=O)/N=C/c1cccc(C=Nc2ccccc2)n1. The first-order valence-electron chi connectivity index (χ1n) is 5.84. The fraction of sp³-hybridized carbons (Fsp3) is 0.0714. The monoisotopic (exact) mass is 287 g/mol. The van der Waals surface area contributed by atoms with E-state index in [1.165, 1.54) is 6.21 Å². The smallest absolute Gasteiger partial charge is 0.250 e. The van der Waals surface area contributed by atoms with Crippen LogP contribution in [0.2, 0.25) is 0 Å². The molecular formula is C14H13N3O2S. The van der Waals surface area contributed by atoms with Crippen LogP contribution in [0.5, 0.6) is 0 Å². The predicted molar refractivity (Wildman–Crippen MR) is 80.4 cm³/mol. The van der Waals surface area contributed by atoms with Crippen LogP contribution in [0, 0.1) is 0 Å². The van der Waals surface area contributed by atoms with Gasteiger partial charge >= 0.3 is 0 Å². The molecule has 102 valence electrons. The van der Waals surface area contributed by atoms with Crippen LogP contribution in [0.3, 0.4) is 0 Å². The maximum absolute atomic E-state index is 10.9. The summed E-state index contributed by atoms with van der Waals surface area (Å²) in [6.07, 6.45) is 3.87. The Morgan fingerprint density at radius 2 is 1.60 bits per heavy atom. The van der Waals surface area contributed by atoms with E-state index in [1.807, 2.05) is 30.3 Å². The van der Waals surface area contributed by atoms with Crippen molar-refractivity contribution in [2.45, 2.75) is 0 Å². The number of rotatable bonds is 4. The number of hydrogen-bond donors (Lipinski definition) is 0. The fourth-order valence-corrected chi connectivity index (χ4v) is 1.72. The van der Waals surface area contributed by atoms with Gasteiger partial charge in [-0.15, -0.1) is 0 Å². The van der Waals surface area contributed by atoms with E-state index in [1.54, 1.807) is 24.4 Å². The third kappa shape index (κ3) is 4.74. The number of hydrogen-bond acceptors (Lipinski definition) is 4. The summed E-state index contributed by atoms with van der Waals surface area (Å²) >= 11 is 0. The zero-order valence-corrected chi connectivity index (χ0v) is 11.7. The number of aliphatic imine (C=N–C) groups is 1. The van der Waals surface area contributed by atoms with Gasteiger partial charge in [0.15, 0.2) is 0 Å². The van der Waals surface area contributed by atoms with E-state index in [4.69, 9.17) is 0 Å². The average molecular weight is 287 g/mol. The molecule has 0 amide bonds. The van der Waals surface area contributed by atoms with Crippen LogP contribution >= 0.6 is 0 Å². The summed E-state index contributed by atoms with van der Waals surface area (Å²) in [5.74, 6) is 0. The molecule has 0 saturated heterocycles. The Morgan fingerprint density at radius 1 is 0.950 bits per heavy atom. The van der Waals surface area contributed by atoms with Crippen molar-refractivity contribution < 1.29 is 8.42 Å². The lowest BCUT2D eigenvalue weighted by Crippen LogP contribution is -1.96. The lowest BCUT2D eigenvalue weighted by molar-refractivity contribution is 0.604. The molecule has 0 aliphatic rings. The second-order valence-electron chi connectivity index (χ2n) is 4.05. The first kappa shape index (κ1) is 14.1. The van der Waals surface area contributed by atoms with E-state index in [-0.39, 0.29) is 0 Å². The third-order valence-corrected chi connectivity index (χ3v) is 2.76. The van der Waals surface area contributed by atoms with Crippen molar-refractivity contribution in [1.82, 2.24) is 4.98 Å². The van der Waals surface area contributed by atoms with Gasteiger partial charge in [0.25, 0.3) is 0 Å². The van der Waals surface area contributed by atoms with Crippen molar-refractivity contribution in [1.29, 1.82) is 0 Å². The van der Waals surface area contributed by atoms with Crippen LogP contribution in [-0.2, 0) is 10.0 Å². The van der Waals surface area contributed by atoms with Crippen LogP contribution in [0.1, 0.15) is 11.4 Å². The van der Waals surface area contributed by atoms with Gasteiger partial charge in [-0.25, -0.2) is 13.4 Å². The highest BCUT2D eigenvalue weighted by molar-refractivity contribution is 7.89. The number of pyridine rings is 1. The quantitative estimate of drug-likeness (QED) is 0.809. The molecule has 0 radical (unpaired) electrons. The molecule has 1 heterocycles. The highest BCUT2D eigenvalue weighted by atomic mass is 32.2. The minimum atomic E-state index is -3.39. The lowest BCUT2D eigenvalue weighted by Gasteiger charge is -1.96. The van der Waals surface area contributed by atoms with Gasteiger partial charge in [0.05, 0.1) is 35.8 Å². The van der Waals surface area contributed by atoms with Gasteiger partial charge in [-0.2, -0.15) is 4.40 Å². The van der Waals surface area contributed by atoms with Gasteiger partial charge in [0.1, 0.15) is 0 Å². The number of aromatic nitrogens is 1. The van der Waals surface area contributed by atoms with Gasteiger partial charge in [-0.3, -0.25) is 4.99 Å². The molecule has 5 nitrogen and oxygen atoms in total. The van der Waals surface area contributed by atoms with Crippen molar-refractivity contribution in [3.63, 3.8) is 0 Å². The average Bonchev–Trinajstić information content (AvgIpc) is 2.44. The molecule has 0 unspecified atom stereocenters. The highest BCUT2D eigenvalue weighted by Crippen LogP contribution is 2.09. The minimum Gasteiger partial charge on any atom is -0.255 e. The lowest BCUT2D eigenvalue weighted by atomic mass is 10.3. The molecule has 2 aromatic rings. The Bertz CT molecular complexity index is 738. The van der Waals surface area contributed by atoms with E-state index >= 15 is 0 Å². The van der Waals surface area contributed by atoms with Crippen molar-refractivity contribution in [3.05, 3.63) is 59.9 Å². The Balaban J connectivity index is 2.18. The second-order valence-corrected chi connectivity index (χ2v) is 5.73. The van der Waals surface area contributed by atoms with Crippen LogP contribution < -0.4 is 0 Å². The molecule has 0 atom stereocenters. The van der Waals surface area contributed by atoms with E-state index in [2.05, 4.69) is 14.4 Å². The Kier molecular flexibility index (Phi) is 4.37. The fourth-order valence-electron chi connectivity index (χ4n) is 1.42. The van der Waals surface area contributed by atoms with Gasteiger partial charge in [0, 0.05) is 0 Å². The van der Waals surface area contributed by atoms with Crippen molar-refractivity contribution >= 4 is 28.1 Å². The molecule has 1 aromatic carbocycles. The normalized spacial score (nSPS) is 12.2. The maximum atomic E-state index is 10.9. The predicted octanol–water partition coefficient (Wildman–Crippen LogP) is 2.21. The summed E-state index contributed by atoms with van der Waals surface area (Å²) in [4.78, 5) is 8.50. The largest absolute Gasteiger partial charge is 0.255 e. The molecule has 6 heteroatoms. The Labute approximate surface area is 117 Å². The summed E-state index contributed by atoms with van der Waals surface area (Å²) in [5, 5.41) is 0. The molecule has 20 heavy (non-hydrogen) atoms. The topological polar surface area (TPSA) is 71.8 Å². The molecule has 0 aliphatic heterocycles. The first-order valence-corrected chi connectivity index (χ1v) is 7.69. The van der Waals surface area contributed by atoms with Crippen molar-refractivity contribution in [2.24, 2.45) is 9.39 Å². The van der Waals surface area contributed by atoms with E-state index < -0.39 is 10.0 Å². The van der Waals surface area contributed by atoms with Crippen LogP contribution in [0.15, 0.2) is 57.9 Å². The summed E-state index contributed by atoms with van der Waals surface area (Å²) in [6, 6.07) is 14.7. The summed E-state index contributed by atoms with van der Waals surface area (Å²) in [5.41, 5.74) is 1.92. The van der Waals surface area contributed by atoms with Gasteiger partial charge in [-0.05, 0) is 24.3 Å². The van der Waals surface area contributed by atoms with Gasteiger partial charge < -0.3 is 0 Å². The number of nitrogens with zero attached hydrogens (tertiary/aromatic N) is 3. The van der Waals surface area contributed by atoms with E-state index in [0.717, 1.165) is 11.9 Å². The van der Waals surface area contributed by atoms with Gasteiger partial charge in [0.2, 0.25) is 10.0 Å². The summed E-state index contributed by atoms with van der Waals surface area (Å²) < 4.78 is 25.3. The molecule has 1 aromatic heterocycles. The van der Waals surface area contributed by atoms with Crippen molar-refractivity contribution in [2.75, 3.05) is 6.26 Å². The molecular weight excluding hydrogens is 274 g/mol. The van der Waals surface area contributed by atoms with Crippen LogP contribution in [0.25, 0.3) is 0 Å². The standard InChI is InChI=1S/C14H13N3O2S/c1-20(18,19)16-11-14-9-5-8-13(17-14)10-15-12-6-3-2-4-7-12/h2-11H,1H3/b15-10?,16-11+. The molecule has 0 saturated carbocycles. The maximum Gasteiger partial charge on any atom is 0.250 e. The molecule has 0 bridgehead atoms. The number of benzene rings is 1. The summed E-state index contributed by atoms with van der Waals surface area (Å²) in [7, 11) is -3.39. The molecule has 2 rings (SSSR count).